The molecular formula is C13H18Cl2N2O4S. The predicted octanol–water partition coefficient (Wildman–Crippen LogP) is 1.53. The van der Waals surface area contributed by atoms with Crippen molar-refractivity contribution in [1.29, 1.82) is 0 Å². The molecule has 1 aromatic rings. The van der Waals surface area contributed by atoms with Crippen molar-refractivity contribution in [2.75, 3.05) is 26.7 Å². The maximum Gasteiger partial charge on any atom is 0.339 e. The molecule has 1 atom stereocenters. The summed E-state index contributed by atoms with van der Waals surface area (Å²) in [6, 6.07) is 4.16. The predicted molar refractivity (Wildman–Crippen MR) is 86.3 cm³/mol. The van der Waals surface area contributed by atoms with E-state index in [9.17, 15) is 13.2 Å². The van der Waals surface area contributed by atoms with Crippen LogP contribution >= 0.6 is 24.0 Å². The molecule has 0 amide bonds. The smallest absolute Gasteiger partial charge is 0.339 e. The molecule has 6 nitrogen and oxygen atoms in total. The number of carbonyl (C=O) groups is 1. The number of ether oxygens (including phenoxy) is 1. The first kappa shape index (κ1) is 19.2. The van der Waals surface area contributed by atoms with E-state index >= 15 is 0 Å². The van der Waals surface area contributed by atoms with Crippen molar-refractivity contribution in [3.63, 3.8) is 0 Å². The van der Waals surface area contributed by atoms with Gasteiger partial charge in [0.1, 0.15) is 0 Å². The summed E-state index contributed by atoms with van der Waals surface area (Å²) in [7, 11) is -2.56. The minimum absolute atomic E-state index is 0. The first-order chi connectivity index (χ1) is 9.86. The summed E-state index contributed by atoms with van der Waals surface area (Å²) in [5.74, 6) is -0.723. The van der Waals surface area contributed by atoms with E-state index < -0.39 is 16.0 Å². The highest BCUT2D eigenvalue weighted by Crippen LogP contribution is 2.25. The summed E-state index contributed by atoms with van der Waals surface area (Å²) >= 11 is 5.85. The second-order valence-corrected chi connectivity index (χ2v) is 7.19. The van der Waals surface area contributed by atoms with Gasteiger partial charge in [-0.3, -0.25) is 0 Å². The third-order valence-corrected chi connectivity index (χ3v) is 5.45. The molecule has 0 radical (unpaired) electrons. The Morgan fingerprint density at radius 2 is 2.14 bits per heavy atom. The van der Waals surface area contributed by atoms with Crippen LogP contribution in [0, 0.1) is 0 Å². The zero-order valence-corrected chi connectivity index (χ0v) is 14.6. The Bertz CT molecular complexity index is 651. The van der Waals surface area contributed by atoms with Gasteiger partial charge in [0.15, 0.2) is 0 Å². The van der Waals surface area contributed by atoms with Crippen LogP contribution in [0.15, 0.2) is 23.1 Å². The Kier molecular flexibility index (Phi) is 6.64. The third kappa shape index (κ3) is 3.91. The Morgan fingerprint density at radius 1 is 1.45 bits per heavy atom. The lowest BCUT2D eigenvalue weighted by Gasteiger charge is -2.31. The lowest BCUT2D eigenvalue weighted by molar-refractivity contribution is 0.0596. The summed E-state index contributed by atoms with van der Waals surface area (Å²) in [5, 5.41) is 3.45. The van der Waals surface area contributed by atoms with E-state index in [0.717, 1.165) is 0 Å². The monoisotopic (exact) mass is 368 g/mol. The first-order valence-electron chi connectivity index (χ1n) is 6.47. The Morgan fingerprint density at radius 3 is 2.73 bits per heavy atom. The largest absolute Gasteiger partial charge is 0.465 e. The van der Waals surface area contributed by atoms with Gasteiger partial charge in [0.25, 0.3) is 0 Å². The SMILES string of the molecule is COC(=O)c1cc(Cl)ccc1S(=O)(=O)N1CCNC(C)C1.Cl. The van der Waals surface area contributed by atoms with Crippen molar-refractivity contribution in [3.05, 3.63) is 28.8 Å². The average molecular weight is 369 g/mol. The topological polar surface area (TPSA) is 75.7 Å². The Labute approximate surface area is 141 Å². The van der Waals surface area contributed by atoms with Crippen LogP contribution in [0.5, 0.6) is 0 Å². The number of hydrogen-bond acceptors (Lipinski definition) is 5. The lowest BCUT2D eigenvalue weighted by Crippen LogP contribution is -2.51. The number of methoxy groups -OCH3 is 1. The molecule has 124 valence electrons. The van der Waals surface area contributed by atoms with E-state index in [1.807, 2.05) is 6.92 Å². The molecule has 22 heavy (non-hydrogen) atoms. The van der Waals surface area contributed by atoms with Gasteiger partial charge in [-0.15, -0.1) is 12.4 Å². The Balaban J connectivity index is 0.00000242. The fourth-order valence-corrected chi connectivity index (χ4v) is 4.11. The standard InChI is InChI=1S/C13H17ClN2O4S.ClH/c1-9-8-16(6-5-15-9)21(18,19)12-4-3-10(14)7-11(12)13(17)20-2;/h3-4,7,9,15H,5-6,8H2,1-2H3;1H. The van der Waals surface area contributed by atoms with Gasteiger partial charge in [0.05, 0.1) is 17.6 Å². The maximum atomic E-state index is 12.7. The van der Waals surface area contributed by atoms with Crippen molar-refractivity contribution >= 4 is 40.0 Å². The molecule has 1 saturated heterocycles. The van der Waals surface area contributed by atoms with E-state index in [2.05, 4.69) is 10.1 Å². The number of piperazine rings is 1. The van der Waals surface area contributed by atoms with Crippen LogP contribution in [-0.2, 0) is 14.8 Å². The number of nitrogens with zero attached hydrogens (tertiary/aromatic N) is 1. The van der Waals surface area contributed by atoms with Crippen molar-refractivity contribution in [2.45, 2.75) is 17.9 Å². The molecule has 1 heterocycles. The number of carbonyl (C=O) groups excluding carboxylic acids is 1. The Hall–Kier alpha value is -0.860. The zero-order chi connectivity index (χ0) is 15.6. The van der Waals surface area contributed by atoms with Gasteiger partial charge < -0.3 is 10.1 Å². The molecule has 0 saturated carbocycles. The second-order valence-electron chi connectivity index (χ2n) is 4.85. The van der Waals surface area contributed by atoms with E-state index in [1.54, 1.807) is 0 Å². The molecule has 1 aliphatic rings. The summed E-state index contributed by atoms with van der Waals surface area (Å²) in [4.78, 5) is 11.7. The highest BCUT2D eigenvalue weighted by Gasteiger charge is 2.32. The van der Waals surface area contributed by atoms with Gasteiger partial charge >= 0.3 is 5.97 Å². The first-order valence-corrected chi connectivity index (χ1v) is 8.29. The number of rotatable bonds is 3. The molecule has 1 fully saturated rings. The number of benzene rings is 1. The zero-order valence-electron chi connectivity index (χ0n) is 12.2. The van der Waals surface area contributed by atoms with Gasteiger partial charge in [-0.25, -0.2) is 13.2 Å². The van der Waals surface area contributed by atoms with Crippen LogP contribution in [0.1, 0.15) is 17.3 Å². The van der Waals surface area contributed by atoms with Crippen LogP contribution in [0.3, 0.4) is 0 Å². The molecule has 1 aromatic carbocycles. The number of hydrogen-bond donors (Lipinski definition) is 1. The van der Waals surface area contributed by atoms with Crippen LogP contribution in [-0.4, -0.2) is 51.5 Å². The van der Waals surface area contributed by atoms with E-state index in [1.165, 1.54) is 29.6 Å². The maximum absolute atomic E-state index is 12.7. The van der Waals surface area contributed by atoms with Crippen molar-refractivity contribution in [2.24, 2.45) is 0 Å². The van der Waals surface area contributed by atoms with Gasteiger partial charge in [0, 0.05) is 30.7 Å². The van der Waals surface area contributed by atoms with Crippen molar-refractivity contribution in [1.82, 2.24) is 9.62 Å². The van der Waals surface area contributed by atoms with E-state index in [4.69, 9.17) is 11.6 Å². The fraction of sp³-hybridized carbons (Fsp3) is 0.462. The number of nitrogens with one attached hydrogen (secondary N) is 1. The molecule has 1 aliphatic heterocycles. The number of halogens is 2. The van der Waals surface area contributed by atoms with E-state index in [-0.39, 0.29) is 33.9 Å². The molecule has 0 spiro atoms. The highest BCUT2D eigenvalue weighted by atomic mass is 35.5. The lowest BCUT2D eigenvalue weighted by atomic mass is 10.2. The molecule has 0 aromatic heterocycles. The van der Waals surface area contributed by atoms with Gasteiger partial charge in [-0.1, -0.05) is 11.6 Å². The molecule has 0 bridgehead atoms. The number of esters is 1. The highest BCUT2D eigenvalue weighted by molar-refractivity contribution is 7.89. The van der Waals surface area contributed by atoms with Crippen LogP contribution in [0.2, 0.25) is 5.02 Å². The summed E-state index contributed by atoms with van der Waals surface area (Å²) in [5.41, 5.74) is -0.0452. The minimum atomic E-state index is -3.76. The molecule has 1 N–H and O–H groups in total. The molecule has 0 aliphatic carbocycles. The normalized spacial score (nSPS) is 19.3. The fourth-order valence-electron chi connectivity index (χ4n) is 2.25. The molecule has 9 heteroatoms. The van der Waals surface area contributed by atoms with Gasteiger partial charge in [-0.2, -0.15) is 4.31 Å². The molecule has 1 unspecified atom stereocenters. The quantitative estimate of drug-likeness (QED) is 0.818. The van der Waals surface area contributed by atoms with Crippen molar-refractivity contribution in [3.8, 4) is 0 Å². The average Bonchev–Trinajstić information content (AvgIpc) is 2.46. The van der Waals surface area contributed by atoms with Crippen molar-refractivity contribution < 1.29 is 17.9 Å². The summed E-state index contributed by atoms with van der Waals surface area (Å²) in [6.45, 7) is 3.19. The van der Waals surface area contributed by atoms with Crippen LogP contribution in [0.4, 0.5) is 0 Å². The van der Waals surface area contributed by atoms with Gasteiger partial charge in [0.2, 0.25) is 10.0 Å². The summed E-state index contributed by atoms with van der Waals surface area (Å²) in [6.07, 6.45) is 0. The molecular weight excluding hydrogens is 351 g/mol. The summed E-state index contributed by atoms with van der Waals surface area (Å²) < 4.78 is 31.5. The number of sulfonamides is 1. The minimum Gasteiger partial charge on any atom is -0.465 e. The molecule has 2 rings (SSSR count). The second kappa shape index (κ2) is 7.61. The van der Waals surface area contributed by atoms with E-state index in [0.29, 0.717) is 19.6 Å². The van der Waals surface area contributed by atoms with Crippen LogP contribution < -0.4 is 5.32 Å². The van der Waals surface area contributed by atoms with Crippen LogP contribution in [0.25, 0.3) is 0 Å². The van der Waals surface area contributed by atoms with Gasteiger partial charge in [-0.05, 0) is 25.1 Å². The third-order valence-electron chi connectivity index (χ3n) is 3.30.